The minimum absolute atomic E-state index is 0.194. The van der Waals surface area contributed by atoms with E-state index in [9.17, 15) is 26.4 Å². The molecule has 0 saturated carbocycles. The smallest absolute Gasteiger partial charge is 0.422 e. The Morgan fingerprint density at radius 3 is 2.41 bits per heavy atom. The highest BCUT2D eigenvalue weighted by Gasteiger charge is 2.31. The van der Waals surface area contributed by atoms with Crippen molar-refractivity contribution in [3.8, 4) is 11.8 Å². The van der Waals surface area contributed by atoms with Crippen LogP contribution in [0.1, 0.15) is 15.9 Å². The number of alkyl halides is 3. The molecular weight excluding hydrogens is 449 g/mol. The molecule has 0 radical (unpaired) electrons. The number of carbonyl (C=O) groups is 1. The van der Waals surface area contributed by atoms with Crippen molar-refractivity contribution in [1.82, 2.24) is 9.88 Å². The molecule has 0 spiro atoms. The Morgan fingerprint density at radius 2 is 1.88 bits per heavy atom. The van der Waals surface area contributed by atoms with E-state index in [0.29, 0.717) is 24.5 Å². The van der Waals surface area contributed by atoms with Crippen LogP contribution in [0.25, 0.3) is 0 Å². The average Bonchev–Trinajstić information content (AvgIpc) is 2.76. The van der Waals surface area contributed by atoms with Crippen molar-refractivity contribution in [2.45, 2.75) is 11.1 Å². The van der Waals surface area contributed by atoms with Crippen LogP contribution in [0, 0.1) is 11.3 Å². The number of benzene rings is 1. The molecule has 170 valence electrons. The maximum absolute atomic E-state index is 13.1. The SMILES string of the molecule is CS(=O)(=O)c1ccc(OCC(F)(F)F)c(C(=O)N2CCN(c3ccc(C#N)cn3)CC2)c1. The summed E-state index contributed by atoms with van der Waals surface area (Å²) in [6.07, 6.45) is -2.24. The fourth-order valence-electron chi connectivity index (χ4n) is 3.14. The molecule has 1 aromatic heterocycles. The first-order chi connectivity index (χ1) is 15.0. The van der Waals surface area contributed by atoms with Crippen LogP contribution in [0.3, 0.4) is 0 Å². The zero-order valence-electron chi connectivity index (χ0n) is 17.0. The van der Waals surface area contributed by atoms with Crippen LogP contribution >= 0.6 is 0 Å². The summed E-state index contributed by atoms with van der Waals surface area (Å²) in [5, 5.41) is 8.86. The van der Waals surface area contributed by atoms with Gasteiger partial charge in [-0.2, -0.15) is 18.4 Å². The molecule has 0 aliphatic carbocycles. The number of piperazine rings is 1. The first kappa shape index (κ1) is 23.3. The van der Waals surface area contributed by atoms with Gasteiger partial charge in [-0.15, -0.1) is 0 Å². The van der Waals surface area contributed by atoms with Gasteiger partial charge in [-0.25, -0.2) is 13.4 Å². The second-order valence-electron chi connectivity index (χ2n) is 7.13. The van der Waals surface area contributed by atoms with Gasteiger partial charge in [-0.05, 0) is 30.3 Å². The predicted molar refractivity (Wildman–Crippen MR) is 108 cm³/mol. The van der Waals surface area contributed by atoms with E-state index in [0.717, 1.165) is 24.5 Å². The van der Waals surface area contributed by atoms with Crippen LogP contribution in [-0.2, 0) is 9.84 Å². The zero-order chi connectivity index (χ0) is 23.5. The number of amides is 1. The lowest BCUT2D eigenvalue weighted by atomic mass is 10.1. The van der Waals surface area contributed by atoms with Gasteiger partial charge >= 0.3 is 6.18 Å². The van der Waals surface area contributed by atoms with E-state index in [4.69, 9.17) is 10.00 Å². The van der Waals surface area contributed by atoms with E-state index >= 15 is 0 Å². The summed E-state index contributed by atoms with van der Waals surface area (Å²) in [6, 6.07) is 8.50. The third-order valence-corrected chi connectivity index (χ3v) is 5.88. The van der Waals surface area contributed by atoms with Gasteiger partial charge in [0, 0.05) is 38.6 Å². The highest BCUT2D eigenvalue weighted by Crippen LogP contribution is 2.27. The van der Waals surface area contributed by atoms with Gasteiger partial charge in [0.25, 0.3) is 5.91 Å². The fraction of sp³-hybridized carbons (Fsp3) is 0.350. The van der Waals surface area contributed by atoms with Crippen LogP contribution in [0.15, 0.2) is 41.4 Å². The van der Waals surface area contributed by atoms with Crippen molar-refractivity contribution in [2.24, 2.45) is 0 Å². The highest BCUT2D eigenvalue weighted by molar-refractivity contribution is 7.90. The lowest BCUT2D eigenvalue weighted by molar-refractivity contribution is -0.153. The molecule has 12 heteroatoms. The van der Waals surface area contributed by atoms with Crippen molar-refractivity contribution >= 4 is 21.6 Å². The number of carbonyl (C=O) groups excluding carboxylic acids is 1. The molecule has 0 N–H and O–H groups in total. The van der Waals surface area contributed by atoms with Crippen molar-refractivity contribution in [1.29, 1.82) is 5.26 Å². The van der Waals surface area contributed by atoms with Crippen molar-refractivity contribution in [3.05, 3.63) is 47.7 Å². The Morgan fingerprint density at radius 1 is 1.19 bits per heavy atom. The summed E-state index contributed by atoms with van der Waals surface area (Å²) in [6.45, 7) is -0.335. The molecule has 32 heavy (non-hydrogen) atoms. The van der Waals surface area contributed by atoms with Crippen LogP contribution in [0.2, 0.25) is 0 Å². The van der Waals surface area contributed by atoms with E-state index in [2.05, 4.69) is 4.98 Å². The second kappa shape index (κ2) is 9.04. The van der Waals surface area contributed by atoms with E-state index in [1.165, 1.54) is 11.1 Å². The van der Waals surface area contributed by atoms with E-state index in [1.54, 1.807) is 12.1 Å². The lowest BCUT2D eigenvalue weighted by Crippen LogP contribution is -2.49. The summed E-state index contributed by atoms with van der Waals surface area (Å²) in [5.74, 6) is -0.333. The predicted octanol–water partition coefficient (Wildman–Crippen LogP) is 2.26. The maximum Gasteiger partial charge on any atom is 0.422 e. The first-order valence-electron chi connectivity index (χ1n) is 9.42. The van der Waals surface area contributed by atoms with Gasteiger partial charge in [-0.3, -0.25) is 4.79 Å². The molecule has 1 amide bonds. The number of aromatic nitrogens is 1. The quantitative estimate of drug-likeness (QED) is 0.663. The molecule has 3 rings (SSSR count). The Kier molecular flexibility index (Phi) is 6.59. The summed E-state index contributed by atoms with van der Waals surface area (Å²) >= 11 is 0. The van der Waals surface area contributed by atoms with E-state index < -0.39 is 28.5 Å². The number of nitrogens with zero attached hydrogens (tertiary/aromatic N) is 4. The van der Waals surface area contributed by atoms with Gasteiger partial charge in [0.05, 0.1) is 16.0 Å². The summed E-state index contributed by atoms with van der Waals surface area (Å²) < 4.78 is 66.3. The number of halogens is 3. The third kappa shape index (κ3) is 5.67. The van der Waals surface area contributed by atoms with Gasteiger partial charge in [0.1, 0.15) is 17.6 Å². The lowest BCUT2D eigenvalue weighted by Gasteiger charge is -2.35. The average molecular weight is 468 g/mol. The molecule has 1 aliphatic rings. The Labute approximate surface area is 182 Å². The second-order valence-corrected chi connectivity index (χ2v) is 9.15. The van der Waals surface area contributed by atoms with Crippen molar-refractivity contribution in [3.63, 3.8) is 0 Å². The Hall–Kier alpha value is -3.33. The molecule has 1 fully saturated rings. The van der Waals surface area contributed by atoms with Crippen LogP contribution < -0.4 is 9.64 Å². The Bertz CT molecular complexity index is 1140. The molecule has 2 heterocycles. The normalized spacial score (nSPS) is 14.7. The first-order valence-corrected chi connectivity index (χ1v) is 11.3. The highest BCUT2D eigenvalue weighted by atomic mass is 32.2. The molecule has 2 aromatic rings. The molecular formula is C20H19F3N4O4S. The van der Waals surface area contributed by atoms with Gasteiger partial charge < -0.3 is 14.5 Å². The standard InChI is InChI=1S/C20H19F3N4O4S/c1-32(29,30)15-3-4-17(31-13-20(21,22)23)16(10-15)19(28)27-8-6-26(7-9-27)18-5-2-14(11-24)12-25-18/h2-5,10,12H,6-9,13H2,1H3. The molecule has 8 nitrogen and oxygen atoms in total. The molecule has 0 atom stereocenters. The molecule has 0 unspecified atom stereocenters. The van der Waals surface area contributed by atoms with Crippen molar-refractivity contribution < 1.29 is 31.1 Å². The zero-order valence-corrected chi connectivity index (χ0v) is 17.8. The van der Waals surface area contributed by atoms with Crippen LogP contribution in [-0.4, -0.2) is 69.4 Å². The minimum Gasteiger partial charge on any atom is -0.483 e. The van der Waals surface area contributed by atoms with Crippen LogP contribution in [0.5, 0.6) is 5.75 Å². The van der Waals surface area contributed by atoms with Gasteiger partial charge in [0.15, 0.2) is 16.4 Å². The number of sulfone groups is 1. The number of hydrogen-bond donors (Lipinski definition) is 0. The molecule has 1 aromatic carbocycles. The summed E-state index contributed by atoms with van der Waals surface area (Å²) in [4.78, 5) is 20.4. The maximum atomic E-state index is 13.1. The van der Waals surface area contributed by atoms with Gasteiger partial charge in [-0.1, -0.05) is 0 Å². The Balaban J connectivity index is 1.79. The number of ether oxygens (including phenoxy) is 1. The summed E-state index contributed by atoms with van der Waals surface area (Å²) in [5.41, 5.74) is 0.168. The number of pyridine rings is 1. The van der Waals surface area contributed by atoms with Crippen molar-refractivity contribution in [2.75, 3.05) is 43.9 Å². The largest absolute Gasteiger partial charge is 0.483 e. The molecule has 1 aliphatic heterocycles. The van der Waals surface area contributed by atoms with E-state index in [-0.39, 0.29) is 29.3 Å². The minimum atomic E-state index is -4.62. The fourth-order valence-corrected chi connectivity index (χ4v) is 3.79. The number of rotatable bonds is 5. The number of nitriles is 1. The monoisotopic (exact) mass is 468 g/mol. The molecule has 0 bridgehead atoms. The van der Waals surface area contributed by atoms with Crippen LogP contribution in [0.4, 0.5) is 19.0 Å². The number of hydrogen-bond acceptors (Lipinski definition) is 7. The van der Waals surface area contributed by atoms with E-state index in [1.807, 2.05) is 11.0 Å². The number of anilines is 1. The topological polar surface area (TPSA) is 104 Å². The molecule has 1 saturated heterocycles. The van der Waals surface area contributed by atoms with Gasteiger partial charge in [0.2, 0.25) is 0 Å². The summed E-state index contributed by atoms with van der Waals surface area (Å²) in [7, 11) is -3.69. The third-order valence-electron chi connectivity index (χ3n) is 4.77.